The summed E-state index contributed by atoms with van der Waals surface area (Å²) in [6.07, 6.45) is 0. The number of carbonyl (C=O) groups is 1. The van der Waals surface area contributed by atoms with Gasteiger partial charge in [-0.2, -0.15) is 0 Å². The molecule has 0 spiro atoms. The number of anilines is 1. The summed E-state index contributed by atoms with van der Waals surface area (Å²) in [6.45, 7) is 3.86. The largest absolute Gasteiger partial charge is 0.383 e. The van der Waals surface area contributed by atoms with E-state index in [0.717, 1.165) is 11.4 Å². The average Bonchev–Trinajstić information content (AvgIpc) is 2.63. The van der Waals surface area contributed by atoms with E-state index in [0.29, 0.717) is 10.7 Å². The fourth-order valence-electron chi connectivity index (χ4n) is 1.87. The maximum atomic E-state index is 12.2. The van der Waals surface area contributed by atoms with Crippen molar-refractivity contribution in [3.63, 3.8) is 0 Å². The molecule has 0 saturated heterocycles. The number of rotatable bonds is 4. The molecule has 20 heavy (non-hydrogen) atoms. The Hall–Kier alpha value is -2.02. The van der Waals surface area contributed by atoms with E-state index in [4.69, 9.17) is 5.73 Å². The Morgan fingerprint density at radius 2 is 2.15 bits per heavy atom. The van der Waals surface area contributed by atoms with Crippen LogP contribution in [0.1, 0.15) is 21.7 Å². The van der Waals surface area contributed by atoms with Gasteiger partial charge in [0.1, 0.15) is 5.82 Å². The number of carbonyl (C=O) groups excluding carboxylic acids is 1. The third-order valence-corrected chi connectivity index (χ3v) is 4.03. The summed E-state index contributed by atoms with van der Waals surface area (Å²) in [5, 5.41) is 0.355. The van der Waals surface area contributed by atoms with Crippen molar-refractivity contribution in [2.45, 2.75) is 19.0 Å². The molecule has 3 N–H and O–H groups in total. The number of Topliss-reactive ketones (excluding diaryl/α,β-unsaturated/α-hetero) is 1. The summed E-state index contributed by atoms with van der Waals surface area (Å²) in [6, 6.07) is 3.07. The van der Waals surface area contributed by atoms with Crippen LogP contribution in [0.25, 0.3) is 0 Å². The summed E-state index contributed by atoms with van der Waals surface area (Å²) in [4.78, 5) is 30.0. The van der Waals surface area contributed by atoms with Crippen molar-refractivity contribution in [1.82, 2.24) is 14.5 Å². The number of nitrogens with one attached hydrogen (secondary N) is 1. The molecule has 7 heteroatoms. The molecule has 0 radical (unpaired) electrons. The predicted octanol–water partition coefficient (Wildman–Crippen LogP) is 1.28. The maximum absolute atomic E-state index is 12.2. The van der Waals surface area contributed by atoms with E-state index in [9.17, 15) is 9.59 Å². The van der Waals surface area contributed by atoms with E-state index in [1.165, 1.54) is 17.8 Å². The second-order valence-corrected chi connectivity index (χ2v) is 5.50. The van der Waals surface area contributed by atoms with Gasteiger partial charge in [0, 0.05) is 30.1 Å². The zero-order valence-corrected chi connectivity index (χ0v) is 12.4. The minimum Gasteiger partial charge on any atom is -0.383 e. The van der Waals surface area contributed by atoms with Crippen LogP contribution < -0.4 is 11.3 Å². The third-order valence-electron chi connectivity index (χ3n) is 3.16. The average molecular weight is 292 g/mol. The number of aryl methyl sites for hydroxylation is 1. The molecule has 106 valence electrons. The molecule has 0 unspecified atom stereocenters. The molecule has 0 aliphatic carbocycles. The highest BCUT2D eigenvalue weighted by Gasteiger charge is 2.14. The lowest BCUT2D eigenvalue weighted by atomic mass is 10.2. The van der Waals surface area contributed by atoms with E-state index in [1.807, 2.05) is 31.5 Å². The van der Waals surface area contributed by atoms with E-state index >= 15 is 0 Å². The number of hydrogen-bond acceptors (Lipinski definition) is 5. The molecular formula is C13H16N4O2S. The molecule has 2 rings (SSSR count). The van der Waals surface area contributed by atoms with Crippen LogP contribution in [0.3, 0.4) is 0 Å². The first-order valence-electron chi connectivity index (χ1n) is 6.04. The fourth-order valence-corrected chi connectivity index (χ4v) is 2.64. The summed E-state index contributed by atoms with van der Waals surface area (Å²) in [5.74, 6) is 0.355. The van der Waals surface area contributed by atoms with E-state index in [-0.39, 0.29) is 22.9 Å². The van der Waals surface area contributed by atoms with Gasteiger partial charge in [-0.15, -0.1) is 0 Å². The monoisotopic (exact) mass is 292 g/mol. The molecule has 0 fully saturated rings. The smallest absolute Gasteiger partial charge is 0.253 e. The van der Waals surface area contributed by atoms with Crippen molar-refractivity contribution >= 4 is 23.4 Å². The number of thioether (sulfide) groups is 1. The molecule has 0 aliphatic heterocycles. The highest BCUT2D eigenvalue weighted by molar-refractivity contribution is 7.99. The first kappa shape index (κ1) is 14.4. The van der Waals surface area contributed by atoms with E-state index in [1.54, 1.807) is 0 Å². The number of nitrogens with two attached hydrogens (primary N) is 1. The highest BCUT2D eigenvalue weighted by Crippen LogP contribution is 2.18. The Balaban J connectivity index is 2.12. The Kier molecular flexibility index (Phi) is 3.99. The minimum atomic E-state index is -0.320. The SMILES string of the molecule is Cc1cc(C(=O)CSc2nc(N)cc(=O)[nH]2)c(C)n1C. The van der Waals surface area contributed by atoms with Crippen LogP contribution in [0.4, 0.5) is 5.82 Å². The Bertz CT molecular complexity index is 718. The topological polar surface area (TPSA) is 93.8 Å². The first-order valence-corrected chi connectivity index (χ1v) is 7.03. The second kappa shape index (κ2) is 5.54. The molecule has 0 aliphatic rings. The standard InChI is InChI=1S/C13H16N4O2S/c1-7-4-9(8(2)17(7)3)10(18)6-20-13-15-11(14)5-12(19)16-13/h4-5H,6H2,1-3H3,(H3,14,15,16,19). The molecule has 2 aromatic rings. The van der Waals surface area contributed by atoms with Crippen molar-refractivity contribution in [2.75, 3.05) is 11.5 Å². The van der Waals surface area contributed by atoms with Crippen molar-refractivity contribution in [3.05, 3.63) is 39.4 Å². The lowest BCUT2D eigenvalue weighted by Crippen LogP contribution is -2.11. The number of aromatic nitrogens is 3. The third kappa shape index (κ3) is 2.93. The predicted molar refractivity (Wildman–Crippen MR) is 79.2 cm³/mol. The van der Waals surface area contributed by atoms with Crippen LogP contribution in [-0.2, 0) is 7.05 Å². The molecule has 0 aromatic carbocycles. The van der Waals surface area contributed by atoms with Crippen molar-refractivity contribution in [1.29, 1.82) is 0 Å². The number of ketones is 1. The number of nitrogen functional groups attached to an aromatic ring is 1. The van der Waals surface area contributed by atoms with Crippen LogP contribution in [0, 0.1) is 13.8 Å². The van der Waals surface area contributed by atoms with Gasteiger partial charge in [-0.05, 0) is 19.9 Å². The van der Waals surface area contributed by atoms with Crippen LogP contribution in [-0.4, -0.2) is 26.1 Å². The summed E-state index contributed by atoms with van der Waals surface area (Å²) in [5.41, 5.74) is 7.84. The summed E-state index contributed by atoms with van der Waals surface area (Å²) in [7, 11) is 1.92. The van der Waals surface area contributed by atoms with Crippen LogP contribution in [0.5, 0.6) is 0 Å². The van der Waals surface area contributed by atoms with Gasteiger partial charge in [-0.1, -0.05) is 11.8 Å². The lowest BCUT2D eigenvalue weighted by Gasteiger charge is -2.03. The summed E-state index contributed by atoms with van der Waals surface area (Å²) >= 11 is 1.17. The molecule has 2 heterocycles. The first-order chi connectivity index (χ1) is 9.38. The lowest BCUT2D eigenvalue weighted by molar-refractivity contribution is 0.102. The second-order valence-electron chi connectivity index (χ2n) is 4.53. The van der Waals surface area contributed by atoms with Crippen molar-refractivity contribution in [3.8, 4) is 0 Å². The van der Waals surface area contributed by atoms with Gasteiger partial charge < -0.3 is 15.3 Å². The molecular weight excluding hydrogens is 276 g/mol. The molecule has 0 bridgehead atoms. The van der Waals surface area contributed by atoms with Gasteiger partial charge in [-0.3, -0.25) is 9.59 Å². The summed E-state index contributed by atoms with van der Waals surface area (Å²) < 4.78 is 1.97. The van der Waals surface area contributed by atoms with Gasteiger partial charge in [0.2, 0.25) is 0 Å². The van der Waals surface area contributed by atoms with Gasteiger partial charge >= 0.3 is 0 Å². The van der Waals surface area contributed by atoms with E-state index < -0.39 is 0 Å². The quantitative estimate of drug-likeness (QED) is 0.503. The Morgan fingerprint density at radius 3 is 2.70 bits per heavy atom. The Labute approximate surface area is 120 Å². The number of H-pyrrole nitrogens is 1. The van der Waals surface area contributed by atoms with Crippen LogP contribution in [0.2, 0.25) is 0 Å². The minimum absolute atomic E-state index is 0.00118. The van der Waals surface area contributed by atoms with Gasteiger partial charge in [0.05, 0.1) is 5.75 Å². The van der Waals surface area contributed by atoms with Crippen LogP contribution >= 0.6 is 11.8 Å². The zero-order valence-electron chi connectivity index (χ0n) is 11.6. The van der Waals surface area contributed by atoms with Gasteiger partial charge in [0.15, 0.2) is 10.9 Å². The molecule has 6 nitrogen and oxygen atoms in total. The van der Waals surface area contributed by atoms with Crippen LogP contribution in [0.15, 0.2) is 22.1 Å². The number of aromatic amines is 1. The number of nitrogens with zero attached hydrogens (tertiary/aromatic N) is 2. The van der Waals surface area contributed by atoms with Crippen molar-refractivity contribution < 1.29 is 4.79 Å². The fraction of sp³-hybridized carbons (Fsp3) is 0.308. The maximum Gasteiger partial charge on any atom is 0.253 e. The normalized spacial score (nSPS) is 10.8. The van der Waals surface area contributed by atoms with E-state index in [2.05, 4.69) is 9.97 Å². The van der Waals surface area contributed by atoms with Gasteiger partial charge in [0.25, 0.3) is 5.56 Å². The highest BCUT2D eigenvalue weighted by atomic mass is 32.2. The molecule has 0 atom stereocenters. The molecule has 0 amide bonds. The molecule has 2 aromatic heterocycles. The van der Waals surface area contributed by atoms with Gasteiger partial charge in [-0.25, -0.2) is 4.98 Å². The Morgan fingerprint density at radius 1 is 1.45 bits per heavy atom. The number of hydrogen-bond donors (Lipinski definition) is 2. The molecule has 0 saturated carbocycles. The van der Waals surface area contributed by atoms with Crippen molar-refractivity contribution in [2.24, 2.45) is 7.05 Å². The zero-order chi connectivity index (χ0) is 14.9.